The van der Waals surface area contributed by atoms with E-state index in [9.17, 15) is 15.0 Å². The van der Waals surface area contributed by atoms with Crippen LogP contribution in [0.1, 0.15) is 123 Å². The topological polar surface area (TPSA) is 69.6 Å². The highest BCUT2D eigenvalue weighted by Gasteiger charge is 2.27. The summed E-state index contributed by atoms with van der Waals surface area (Å²) in [5, 5.41) is 21.5. The first kappa shape index (κ1) is 26.4. The second-order valence-corrected chi connectivity index (χ2v) is 8.20. The van der Waals surface area contributed by atoms with Crippen LogP contribution in [-0.4, -0.2) is 34.9 Å². The van der Waals surface area contributed by atoms with Crippen molar-refractivity contribution >= 4 is 5.91 Å². The van der Waals surface area contributed by atoms with Crippen LogP contribution in [0, 0.1) is 0 Å². The van der Waals surface area contributed by atoms with Crippen molar-refractivity contribution in [2.24, 2.45) is 0 Å². The number of unbranched alkanes of at least 4 members (excludes halogenated alkanes) is 14. The molecular weight excluding hydrogens is 338 g/mol. The quantitative estimate of drug-likeness (QED) is 0.242. The Balaban J connectivity index is 3.37. The van der Waals surface area contributed by atoms with E-state index in [-0.39, 0.29) is 19.1 Å². The van der Waals surface area contributed by atoms with E-state index in [2.05, 4.69) is 12.2 Å². The van der Waals surface area contributed by atoms with Crippen molar-refractivity contribution in [3.05, 3.63) is 0 Å². The minimum Gasteiger partial charge on any atom is -0.394 e. The fourth-order valence-corrected chi connectivity index (χ4v) is 3.46. The monoisotopic (exact) mass is 385 g/mol. The Bertz CT molecular complexity index is 321. The zero-order valence-corrected chi connectivity index (χ0v) is 18.2. The van der Waals surface area contributed by atoms with Gasteiger partial charge in [-0.05, 0) is 12.8 Å². The summed E-state index contributed by atoms with van der Waals surface area (Å²) in [6.45, 7) is 3.69. The maximum atomic E-state index is 11.9. The number of carbonyl (C=O) groups excluding carboxylic acids is 1. The van der Waals surface area contributed by atoms with Crippen molar-refractivity contribution in [3.63, 3.8) is 0 Å². The summed E-state index contributed by atoms with van der Waals surface area (Å²) in [7, 11) is 0. The van der Waals surface area contributed by atoms with E-state index >= 15 is 0 Å². The highest BCUT2D eigenvalue weighted by atomic mass is 16.3. The molecule has 0 rings (SSSR count). The predicted molar refractivity (Wildman–Crippen MR) is 115 cm³/mol. The molecule has 0 saturated carbocycles. The minimum atomic E-state index is -0.855. The first-order valence-electron chi connectivity index (χ1n) is 11.7. The zero-order valence-electron chi connectivity index (χ0n) is 18.2. The van der Waals surface area contributed by atoms with E-state index in [1.165, 1.54) is 83.5 Å². The molecule has 0 fully saturated rings. The summed E-state index contributed by atoms with van der Waals surface area (Å²) in [4.78, 5) is 11.9. The average molecular weight is 386 g/mol. The number of amides is 1. The summed E-state index contributed by atoms with van der Waals surface area (Å²) in [5.74, 6) is -0.0605. The Morgan fingerprint density at radius 1 is 0.667 bits per heavy atom. The molecule has 0 aromatic carbocycles. The second kappa shape index (κ2) is 18.7. The summed E-state index contributed by atoms with van der Waals surface area (Å²) < 4.78 is 0. The average Bonchev–Trinajstić information content (AvgIpc) is 2.69. The van der Waals surface area contributed by atoms with Gasteiger partial charge < -0.3 is 15.5 Å². The Morgan fingerprint density at radius 2 is 1.04 bits per heavy atom. The van der Waals surface area contributed by atoms with Crippen molar-refractivity contribution in [2.45, 2.75) is 129 Å². The SMILES string of the molecule is CCCCCCCCCCCCCCCCCC(=O)NC(CC)(CO)CO. The normalized spacial score (nSPS) is 11.7. The lowest BCUT2D eigenvalue weighted by Crippen LogP contribution is -2.53. The standard InChI is InChI=1S/C23H47NO3/c1-3-5-6-7-8-9-10-11-12-13-14-15-16-17-18-19-22(27)24-23(4-2,20-25)21-26/h25-26H,3-21H2,1-2H3,(H,24,27). The minimum absolute atomic E-state index is 0.0605. The van der Waals surface area contributed by atoms with Crippen molar-refractivity contribution < 1.29 is 15.0 Å². The maximum Gasteiger partial charge on any atom is 0.220 e. The molecule has 27 heavy (non-hydrogen) atoms. The molecule has 0 aromatic heterocycles. The number of hydrogen-bond acceptors (Lipinski definition) is 3. The van der Waals surface area contributed by atoms with Gasteiger partial charge in [-0.2, -0.15) is 0 Å². The van der Waals surface area contributed by atoms with Gasteiger partial charge in [0.2, 0.25) is 5.91 Å². The molecule has 0 spiro atoms. The Morgan fingerprint density at radius 3 is 1.37 bits per heavy atom. The lowest BCUT2D eigenvalue weighted by atomic mass is 9.98. The zero-order chi connectivity index (χ0) is 20.2. The Kier molecular flexibility index (Phi) is 18.3. The lowest BCUT2D eigenvalue weighted by molar-refractivity contribution is -0.124. The molecule has 0 heterocycles. The van der Waals surface area contributed by atoms with Crippen LogP contribution >= 0.6 is 0 Å². The molecule has 1 amide bonds. The Hall–Kier alpha value is -0.610. The molecular formula is C23H47NO3. The van der Waals surface area contributed by atoms with Gasteiger partial charge in [0, 0.05) is 6.42 Å². The van der Waals surface area contributed by atoms with Crippen LogP contribution in [0.15, 0.2) is 0 Å². The van der Waals surface area contributed by atoms with E-state index in [1.54, 1.807) is 0 Å². The number of aliphatic hydroxyl groups excluding tert-OH is 2. The third kappa shape index (κ3) is 15.0. The van der Waals surface area contributed by atoms with Crippen LogP contribution in [0.5, 0.6) is 0 Å². The number of rotatable bonds is 20. The van der Waals surface area contributed by atoms with E-state index in [0.717, 1.165) is 12.8 Å². The van der Waals surface area contributed by atoms with Gasteiger partial charge in [-0.25, -0.2) is 0 Å². The first-order valence-corrected chi connectivity index (χ1v) is 11.7. The summed E-state index contributed by atoms with van der Waals surface area (Å²) >= 11 is 0. The van der Waals surface area contributed by atoms with Crippen LogP contribution in [0.4, 0.5) is 0 Å². The molecule has 0 atom stereocenters. The molecule has 162 valence electrons. The smallest absolute Gasteiger partial charge is 0.220 e. The van der Waals surface area contributed by atoms with Gasteiger partial charge in [0.25, 0.3) is 0 Å². The van der Waals surface area contributed by atoms with Gasteiger partial charge in [-0.15, -0.1) is 0 Å². The molecule has 0 aliphatic heterocycles. The molecule has 4 heteroatoms. The Labute approximate surface area is 168 Å². The third-order valence-corrected chi connectivity index (χ3v) is 5.69. The molecule has 4 nitrogen and oxygen atoms in total. The number of hydrogen-bond donors (Lipinski definition) is 3. The number of aliphatic hydroxyl groups is 2. The summed E-state index contributed by atoms with van der Waals surface area (Å²) in [6, 6.07) is 0. The van der Waals surface area contributed by atoms with E-state index in [0.29, 0.717) is 12.8 Å². The van der Waals surface area contributed by atoms with Crippen molar-refractivity contribution in [2.75, 3.05) is 13.2 Å². The van der Waals surface area contributed by atoms with Gasteiger partial charge in [-0.3, -0.25) is 4.79 Å². The molecule has 0 saturated heterocycles. The fraction of sp³-hybridized carbons (Fsp3) is 0.957. The molecule has 3 N–H and O–H groups in total. The largest absolute Gasteiger partial charge is 0.394 e. The molecule has 0 unspecified atom stereocenters. The third-order valence-electron chi connectivity index (χ3n) is 5.69. The number of nitrogens with one attached hydrogen (secondary N) is 1. The van der Waals surface area contributed by atoms with Gasteiger partial charge in [0.15, 0.2) is 0 Å². The molecule has 0 aliphatic rings. The van der Waals surface area contributed by atoms with Gasteiger partial charge in [0.05, 0.1) is 18.8 Å². The van der Waals surface area contributed by atoms with E-state index in [1.807, 2.05) is 6.92 Å². The molecule has 0 radical (unpaired) electrons. The van der Waals surface area contributed by atoms with Crippen LogP contribution in [-0.2, 0) is 4.79 Å². The van der Waals surface area contributed by atoms with Gasteiger partial charge >= 0.3 is 0 Å². The van der Waals surface area contributed by atoms with Crippen molar-refractivity contribution in [1.29, 1.82) is 0 Å². The fourth-order valence-electron chi connectivity index (χ4n) is 3.46. The second-order valence-electron chi connectivity index (χ2n) is 8.20. The molecule has 0 aromatic rings. The van der Waals surface area contributed by atoms with Crippen molar-refractivity contribution in [1.82, 2.24) is 5.32 Å². The van der Waals surface area contributed by atoms with Crippen LogP contribution < -0.4 is 5.32 Å². The van der Waals surface area contributed by atoms with E-state index in [4.69, 9.17) is 0 Å². The maximum absolute atomic E-state index is 11.9. The van der Waals surface area contributed by atoms with Crippen LogP contribution in [0.25, 0.3) is 0 Å². The van der Waals surface area contributed by atoms with Gasteiger partial charge in [0.1, 0.15) is 0 Å². The van der Waals surface area contributed by atoms with E-state index < -0.39 is 5.54 Å². The summed E-state index contributed by atoms with van der Waals surface area (Å²) in [6.07, 6.45) is 20.7. The molecule has 0 bridgehead atoms. The highest BCUT2D eigenvalue weighted by Crippen LogP contribution is 2.14. The summed E-state index contributed by atoms with van der Waals surface area (Å²) in [5.41, 5.74) is -0.855. The lowest BCUT2D eigenvalue weighted by Gasteiger charge is -2.29. The van der Waals surface area contributed by atoms with Crippen LogP contribution in [0.3, 0.4) is 0 Å². The number of carbonyl (C=O) groups is 1. The van der Waals surface area contributed by atoms with Crippen LogP contribution in [0.2, 0.25) is 0 Å². The first-order chi connectivity index (χ1) is 13.1. The van der Waals surface area contributed by atoms with Crippen molar-refractivity contribution in [3.8, 4) is 0 Å². The van der Waals surface area contributed by atoms with Gasteiger partial charge in [-0.1, -0.05) is 104 Å². The predicted octanol–water partition coefficient (Wildman–Crippen LogP) is 5.50. The molecule has 0 aliphatic carbocycles. The highest BCUT2D eigenvalue weighted by molar-refractivity contribution is 5.76.